The monoisotopic (exact) mass is 296 g/mol. The number of rotatable bonds is 4. The summed E-state index contributed by atoms with van der Waals surface area (Å²) < 4.78 is 13.3. The average molecular weight is 296 g/mol. The number of nitrogens with zero attached hydrogens (tertiary/aromatic N) is 1. The average Bonchev–Trinajstić information content (AvgIpc) is 2.47. The number of hydrogen-bond acceptors (Lipinski definition) is 4. The minimum atomic E-state index is -0.970. The first-order chi connectivity index (χ1) is 10.0. The van der Waals surface area contributed by atoms with Crippen molar-refractivity contribution in [3.63, 3.8) is 0 Å². The van der Waals surface area contributed by atoms with Crippen molar-refractivity contribution in [2.45, 2.75) is 31.7 Å². The van der Waals surface area contributed by atoms with E-state index in [9.17, 15) is 24.4 Å². The van der Waals surface area contributed by atoms with Crippen molar-refractivity contribution in [1.29, 1.82) is 0 Å². The van der Waals surface area contributed by atoms with Crippen LogP contribution in [0.3, 0.4) is 0 Å². The predicted molar refractivity (Wildman–Crippen MR) is 73.4 cm³/mol. The maximum atomic E-state index is 13.3. The molecule has 2 unspecified atom stereocenters. The first kappa shape index (κ1) is 15.4. The number of carbonyl (C=O) groups excluding carboxylic acids is 1. The van der Waals surface area contributed by atoms with E-state index in [2.05, 4.69) is 5.32 Å². The predicted octanol–water partition coefficient (Wildman–Crippen LogP) is 2.01. The highest BCUT2D eigenvalue weighted by molar-refractivity contribution is 5.95. The summed E-state index contributed by atoms with van der Waals surface area (Å²) in [7, 11) is 0. The molecule has 2 atom stereocenters. The molecule has 6 nitrogen and oxygen atoms in total. The molecule has 114 valence electrons. The van der Waals surface area contributed by atoms with E-state index in [1.807, 2.05) is 0 Å². The third-order valence-electron chi connectivity index (χ3n) is 3.87. The molecule has 0 aromatic heterocycles. The Kier molecular flexibility index (Phi) is 4.85. The summed E-state index contributed by atoms with van der Waals surface area (Å²) in [4.78, 5) is 22.0. The number of amides is 1. The second-order valence-electron chi connectivity index (χ2n) is 5.23. The Morgan fingerprint density at radius 1 is 1.43 bits per heavy atom. The highest BCUT2D eigenvalue weighted by Gasteiger charge is 2.27. The van der Waals surface area contributed by atoms with E-state index in [0.717, 1.165) is 37.8 Å². The van der Waals surface area contributed by atoms with Crippen molar-refractivity contribution in [3.8, 4) is 0 Å². The third-order valence-corrected chi connectivity index (χ3v) is 3.87. The first-order valence-electron chi connectivity index (χ1n) is 6.88. The van der Waals surface area contributed by atoms with Crippen molar-refractivity contribution < 1.29 is 19.2 Å². The van der Waals surface area contributed by atoms with Gasteiger partial charge in [-0.15, -0.1) is 0 Å². The zero-order valence-electron chi connectivity index (χ0n) is 11.4. The van der Waals surface area contributed by atoms with Gasteiger partial charge in [0.25, 0.3) is 5.91 Å². The fraction of sp³-hybridized carbons (Fsp3) is 0.500. The van der Waals surface area contributed by atoms with Crippen molar-refractivity contribution in [2.75, 3.05) is 6.61 Å². The molecule has 21 heavy (non-hydrogen) atoms. The van der Waals surface area contributed by atoms with Crippen LogP contribution in [0.4, 0.5) is 10.1 Å². The van der Waals surface area contributed by atoms with Crippen LogP contribution in [-0.2, 0) is 0 Å². The second-order valence-corrected chi connectivity index (χ2v) is 5.23. The summed E-state index contributed by atoms with van der Waals surface area (Å²) in [5.41, 5.74) is -0.671. The van der Waals surface area contributed by atoms with Gasteiger partial charge in [-0.3, -0.25) is 14.9 Å². The van der Waals surface area contributed by atoms with Gasteiger partial charge in [0.15, 0.2) is 0 Å². The number of aliphatic hydroxyl groups excluding tert-OH is 1. The Labute approximate surface area is 121 Å². The van der Waals surface area contributed by atoms with E-state index in [4.69, 9.17) is 0 Å². The van der Waals surface area contributed by atoms with Crippen LogP contribution in [0.25, 0.3) is 0 Å². The molecule has 1 amide bonds. The van der Waals surface area contributed by atoms with Crippen LogP contribution >= 0.6 is 0 Å². The molecule has 2 N–H and O–H groups in total. The number of halogens is 1. The highest BCUT2D eigenvalue weighted by atomic mass is 19.1. The number of nitro groups is 1. The van der Waals surface area contributed by atoms with E-state index >= 15 is 0 Å². The summed E-state index contributed by atoms with van der Waals surface area (Å²) in [6.07, 6.45) is 3.58. The number of carbonyl (C=O) groups is 1. The number of nitro benzene ring substituents is 1. The number of nitrogens with one attached hydrogen (secondary N) is 1. The molecule has 1 aliphatic rings. The van der Waals surface area contributed by atoms with E-state index < -0.39 is 22.3 Å². The maximum Gasteiger partial charge on any atom is 0.305 e. The van der Waals surface area contributed by atoms with Gasteiger partial charge in [-0.2, -0.15) is 4.39 Å². The Bertz CT molecular complexity index is 550. The molecule has 0 radical (unpaired) electrons. The molecular formula is C14H17FN2O4. The van der Waals surface area contributed by atoms with Gasteiger partial charge in [0, 0.05) is 30.2 Å². The Morgan fingerprint density at radius 2 is 2.14 bits per heavy atom. The van der Waals surface area contributed by atoms with Crippen LogP contribution in [0, 0.1) is 21.8 Å². The lowest BCUT2D eigenvalue weighted by molar-refractivity contribution is -0.387. The van der Waals surface area contributed by atoms with Gasteiger partial charge < -0.3 is 10.4 Å². The quantitative estimate of drug-likeness (QED) is 0.656. The fourth-order valence-electron chi connectivity index (χ4n) is 2.66. The minimum absolute atomic E-state index is 0.00173. The van der Waals surface area contributed by atoms with Gasteiger partial charge in [0.05, 0.1) is 4.92 Å². The molecular weight excluding hydrogens is 279 g/mol. The summed E-state index contributed by atoms with van der Waals surface area (Å²) >= 11 is 0. The third kappa shape index (κ3) is 3.55. The van der Waals surface area contributed by atoms with Gasteiger partial charge in [0.1, 0.15) is 0 Å². The molecule has 1 aromatic rings. The summed E-state index contributed by atoms with van der Waals surface area (Å²) in [6.45, 7) is -0.00544. The Morgan fingerprint density at radius 3 is 2.81 bits per heavy atom. The minimum Gasteiger partial charge on any atom is -0.396 e. The standard InChI is InChI=1S/C14H17FN2O4/c15-11-6-5-9(7-13(11)17(20)21)14(19)16-12-4-2-1-3-10(12)8-18/h5-7,10,12,18H,1-4,8H2,(H,16,19). The van der Waals surface area contributed by atoms with Crippen LogP contribution < -0.4 is 5.32 Å². The van der Waals surface area contributed by atoms with Crippen molar-refractivity contribution in [3.05, 3.63) is 39.7 Å². The molecule has 0 bridgehead atoms. The number of benzene rings is 1. The lowest BCUT2D eigenvalue weighted by atomic mass is 9.85. The van der Waals surface area contributed by atoms with Gasteiger partial charge >= 0.3 is 5.69 Å². The van der Waals surface area contributed by atoms with Gasteiger partial charge in [-0.05, 0) is 25.0 Å². The first-order valence-corrected chi connectivity index (χ1v) is 6.88. The van der Waals surface area contributed by atoms with Crippen molar-refractivity contribution in [2.24, 2.45) is 5.92 Å². The zero-order valence-corrected chi connectivity index (χ0v) is 11.4. The molecule has 1 saturated carbocycles. The lowest BCUT2D eigenvalue weighted by Crippen LogP contribution is -2.43. The van der Waals surface area contributed by atoms with E-state index in [1.165, 1.54) is 6.07 Å². The van der Waals surface area contributed by atoms with Crippen LogP contribution in [-0.4, -0.2) is 28.6 Å². The van der Waals surface area contributed by atoms with Gasteiger partial charge in [-0.1, -0.05) is 12.8 Å². The van der Waals surface area contributed by atoms with Gasteiger partial charge in [-0.25, -0.2) is 0 Å². The molecule has 1 aromatic carbocycles. The van der Waals surface area contributed by atoms with E-state index in [0.29, 0.717) is 0 Å². The van der Waals surface area contributed by atoms with Crippen molar-refractivity contribution in [1.82, 2.24) is 5.32 Å². The molecule has 0 spiro atoms. The Balaban J connectivity index is 2.13. The van der Waals surface area contributed by atoms with E-state index in [1.54, 1.807) is 0 Å². The maximum absolute atomic E-state index is 13.3. The molecule has 1 fully saturated rings. The van der Waals surface area contributed by atoms with Crippen molar-refractivity contribution >= 4 is 11.6 Å². The highest BCUT2D eigenvalue weighted by Crippen LogP contribution is 2.25. The molecule has 0 saturated heterocycles. The Hall–Kier alpha value is -2.02. The zero-order chi connectivity index (χ0) is 15.4. The lowest BCUT2D eigenvalue weighted by Gasteiger charge is -2.30. The fourth-order valence-corrected chi connectivity index (χ4v) is 2.66. The molecule has 1 aliphatic carbocycles. The van der Waals surface area contributed by atoms with Crippen LogP contribution in [0.2, 0.25) is 0 Å². The molecule has 0 aliphatic heterocycles. The SMILES string of the molecule is O=C(NC1CCCCC1CO)c1ccc(F)c([N+](=O)[O-])c1. The van der Waals surface area contributed by atoms with Crippen LogP contribution in [0.1, 0.15) is 36.0 Å². The molecule has 7 heteroatoms. The topological polar surface area (TPSA) is 92.5 Å². The molecule has 0 heterocycles. The van der Waals surface area contributed by atoms with Gasteiger partial charge in [0.2, 0.25) is 5.82 Å². The smallest absolute Gasteiger partial charge is 0.305 e. The number of hydrogen-bond donors (Lipinski definition) is 2. The summed E-state index contributed by atoms with van der Waals surface area (Å²) in [5, 5.41) is 22.8. The normalized spacial score (nSPS) is 21.8. The number of aliphatic hydroxyl groups is 1. The largest absolute Gasteiger partial charge is 0.396 e. The molecule has 2 rings (SSSR count). The summed E-state index contributed by atoms with van der Waals surface area (Å²) in [6, 6.07) is 2.91. The van der Waals surface area contributed by atoms with Crippen LogP contribution in [0.15, 0.2) is 18.2 Å². The van der Waals surface area contributed by atoms with E-state index in [-0.39, 0.29) is 24.1 Å². The van der Waals surface area contributed by atoms with Crippen LogP contribution in [0.5, 0.6) is 0 Å². The summed E-state index contributed by atoms with van der Waals surface area (Å²) in [5.74, 6) is -1.45. The second kappa shape index (κ2) is 6.62.